The lowest BCUT2D eigenvalue weighted by molar-refractivity contribution is -0.115. The molecule has 2 aromatic heterocycles. The number of nitrogens with one attached hydrogen (secondary N) is 2. The Morgan fingerprint density at radius 3 is 2.81 bits per heavy atom. The Bertz CT molecular complexity index is 504. The van der Waals surface area contributed by atoms with E-state index in [1.165, 1.54) is 6.33 Å². The minimum atomic E-state index is -4.33. The zero-order valence-corrected chi connectivity index (χ0v) is 7.84. The number of imidazole rings is 1. The average Bonchev–Trinajstić information content (AvgIpc) is 2.60. The Morgan fingerprint density at radius 2 is 2.12 bits per heavy atom. The van der Waals surface area contributed by atoms with Crippen LogP contribution in [0.15, 0.2) is 6.33 Å². The number of rotatable bonds is 2. The molecular weight excluding hydrogens is 225 g/mol. The summed E-state index contributed by atoms with van der Waals surface area (Å²) in [6.45, 7) is -1.20. The monoisotopic (exact) mass is 232 g/mol. The molecule has 0 unspecified atom stereocenters. The van der Waals surface area contributed by atoms with Gasteiger partial charge in [-0.1, -0.05) is 0 Å². The molecule has 86 valence electrons. The van der Waals surface area contributed by atoms with Crippen molar-refractivity contribution >= 4 is 22.9 Å². The molecule has 4 N–H and O–H groups in total. The van der Waals surface area contributed by atoms with E-state index in [4.69, 9.17) is 5.73 Å². The number of nitrogens with zero attached hydrogens (tertiary/aromatic N) is 3. The SMILES string of the molecule is Nc1nc(NCC(F)(F)F)c2[nH]cnc2n1. The first-order valence-corrected chi connectivity index (χ1v) is 4.23. The maximum atomic E-state index is 12.0. The molecule has 0 aliphatic heterocycles. The Labute approximate surface area is 87.1 Å². The summed E-state index contributed by atoms with van der Waals surface area (Å²) in [5.74, 6) is -0.151. The first-order chi connectivity index (χ1) is 7.46. The largest absolute Gasteiger partial charge is 0.405 e. The van der Waals surface area contributed by atoms with Crippen molar-refractivity contribution in [3.63, 3.8) is 0 Å². The van der Waals surface area contributed by atoms with Crippen LogP contribution in [0.5, 0.6) is 0 Å². The van der Waals surface area contributed by atoms with E-state index < -0.39 is 12.7 Å². The molecule has 0 aliphatic carbocycles. The molecule has 0 spiro atoms. The minimum Gasteiger partial charge on any atom is -0.368 e. The number of fused-ring (bicyclic) bond motifs is 1. The molecule has 0 aromatic carbocycles. The predicted octanol–water partition coefficient (Wildman–Crippen LogP) is 0.909. The van der Waals surface area contributed by atoms with Crippen LogP contribution in [0.1, 0.15) is 0 Å². The molecule has 0 amide bonds. The van der Waals surface area contributed by atoms with Gasteiger partial charge in [-0.05, 0) is 0 Å². The molecule has 0 bridgehead atoms. The molecule has 0 fully saturated rings. The van der Waals surface area contributed by atoms with Crippen LogP contribution in [0.25, 0.3) is 11.2 Å². The Balaban J connectivity index is 2.32. The first kappa shape index (κ1) is 10.5. The van der Waals surface area contributed by atoms with Crippen LogP contribution in [-0.2, 0) is 0 Å². The summed E-state index contributed by atoms with van der Waals surface area (Å²) in [7, 11) is 0. The second-order valence-electron chi connectivity index (χ2n) is 3.00. The third-order valence-corrected chi connectivity index (χ3v) is 1.76. The number of aromatic amines is 1. The van der Waals surface area contributed by atoms with E-state index in [-0.39, 0.29) is 17.4 Å². The molecule has 0 saturated heterocycles. The highest BCUT2D eigenvalue weighted by Gasteiger charge is 2.27. The van der Waals surface area contributed by atoms with Gasteiger partial charge in [0.05, 0.1) is 6.33 Å². The van der Waals surface area contributed by atoms with Gasteiger partial charge in [-0.15, -0.1) is 0 Å². The van der Waals surface area contributed by atoms with Crippen LogP contribution < -0.4 is 11.1 Å². The van der Waals surface area contributed by atoms with Crippen molar-refractivity contribution in [3.8, 4) is 0 Å². The van der Waals surface area contributed by atoms with Gasteiger partial charge in [-0.2, -0.15) is 23.1 Å². The lowest BCUT2D eigenvalue weighted by Gasteiger charge is -2.09. The number of aromatic nitrogens is 4. The summed E-state index contributed by atoms with van der Waals surface area (Å²) in [4.78, 5) is 13.8. The van der Waals surface area contributed by atoms with E-state index in [9.17, 15) is 13.2 Å². The number of alkyl halides is 3. The second kappa shape index (κ2) is 3.51. The molecule has 9 heteroatoms. The van der Waals surface area contributed by atoms with Gasteiger partial charge < -0.3 is 16.0 Å². The second-order valence-corrected chi connectivity index (χ2v) is 3.00. The van der Waals surface area contributed by atoms with Crippen molar-refractivity contribution in [2.45, 2.75) is 6.18 Å². The molecule has 2 heterocycles. The number of hydrogen-bond donors (Lipinski definition) is 3. The number of halogens is 3. The van der Waals surface area contributed by atoms with Gasteiger partial charge in [0.15, 0.2) is 11.5 Å². The van der Waals surface area contributed by atoms with Crippen LogP contribution in [0.3, 0.4) is 0 Å². The third kappa shape index (κ3) is 2.12. The van der Waals surface area contributed by atoms with Crippen molar-refractivity contribution < 1.29 is 13.2 Å². The molecule has 0 aliphatic rings. The lowest BCUT2D eigenvalue weighted by Crippen LogP contribution is -2.22. The Kier molecular flexibility index (Phi) is 2.29. The van der Waals surface area contributed by atoms with Crippen LogP contribution in [0.2, 0.25) is 0 Å². The standard InChI is InChI=1S/C7H7F3N6/c8-7(9,10)1-12-4-3-5(14-2-13-3)16-6(11)15-4/h2H,1H2,(H4,11,12,13,14,15,16). The summed E-state index contributed by atoms with van der Waals surface area (Å²) >= 11 is 0. The fraction of sp³-hybridized carbons (Fsp3) is 0.286. The van der Waals surface area contributed by atoms with Crippen molar-refractivity contribution in [3.05, 3.63) is 6.33 Å². The lowest BCUT2D eigenvalue weighted by atomic mass is 10.4. The molecule has 0 saturated carbocycles. The van der Waals surface area contributed by atoms with Gasteiger partial charge in [0.1, 0.15) is 12.1 Å². The molecule has 0 atom stereocenters. The molecule has 0 radical (unpaired) electrons. The smallest absolute Gasteiger partial charge is 0.368 e. The summed E-state index contributed by atoms with van der Waals surface area (Å²) in [6.07, 6.45) is -3.02. The maximum absolute atomic E-state index is 12.0. The highest BCUT2D eigenvalue weighted by molar-refractivity contribution is 5.83. The summed E-state index contributed by atoms with van der Waals surface area (Å²) in [5.41, 5.74) is 5.84. The van der Waals surface area contributed by atoms with Crippen LogP contribution >= 0.6 is 0 Å². The summed E-state index contributed by atoms with van der Waals surface area (Å²) in [6, 6.07) is 0. The maximum Gasteiger partial charge on any atom is 0.405 e. The number of nitrogens with two attached hydrogens (primary N) is 1. The fourth-order valence-corrected chi connectivity index (χ4v) is 1.16. The average molecular weight is 232 g/mol. The van der Waals surface area contributed by atoms with Crippen LogP contribution in [0.4, 0.5) is 24.9 Å². The quantitative estimate of drug-likeness (QED) is 0.715. The van der Waals surface area contributed by atoms with Crippen LogP contribution in [-0.4, -0.2) is 32.7 Å². The summed E-state index contributed by atoms with van der Waals surface area (Å²) in [5, 5.41) is 2.13. The highest BCUT2D eigenvalue weighted by atomic mass is 19.4. The Hall–Kier alpha value is -2.06. The van der Waals surface area contributed by atoms with E-state index in [0.717, 1.165) is 0 Å². The summed E-state index contributed by atoms with van der Waals surface area (Å²) < 4.78 is 36.0. The normalized spacial score (nSPS) is 11.9. The molecular formula is C7H7F3N6. The zero-order chi connectivity index (χ0) is 11.8. The molecule has 6 nitrogen and oxygen atoms in total. The molecule has 16 heavy (non-hydrogen) atoms. The topological polar surface area (TPSA) is 92.5 Å². The van der Waals surface area contributed by atoms with E-state index in [0.29, 0.717) is 5.52 Å². The number of anilines is 2. The van der Waals surface area contributed by atoms with Gasteiger partial charge in [-0.3, -0.25) is 0 Å². The van der Waals surface area contributed by atoms with Crippen molar-refractivity contribution in [2.24, 2.45) is 0 Å². The van der Waals surface area contributed by atoms with Gasteiger partial charge >= 0.3 is 6.18 Å². The van der Waals surface area contributed by atoms with Crippen molar-refractivity contribution in [1.82, 2.24) is 19.9 Å². The van der Waals surface area contributed by atoms with Crippen LogP contribution in [0, 0.1) is 0 Å². The minimum absolute atomic E-state index is 0.0164. The first-order valence-electron chi connectivity index (χ1n) is 4.23. The van der Waals surface area contributed by atoms with Gasteiger partial charge in [0, 0.05) is 0 Å². The fourth-order valence-electron chi connectivity index (χ4n) is 1.16. The number of hydrogen-bond acceptors (Lipinski definition) is 5. The van der Waals surface area contributed by atoms with Gasteiger partial charge in [0.2, 0.25) is 5.95 Å². The van der Waals surface area contributed by atoms with Gasteiger partial charge in [-0.25, -0.2) is 4.98 Å². The zero-order valence-electron chi connectivity index (χ0n) is 7.84. The number of nitrogen functional groups attached to an aromatic ring is 1. The van der Waals surface area contributed by atoms with E-state index in [2.05, 4.69) is 25.3 Å². The van der Waals surface area contributed by atoms with E-state index >= 15 is 0 Å². The van der Waals surface area contributed by atoms with Gasteiger partial charge in [0.25, 0.3) is 0 Å². The third-order valence-electron chi connectivity index (χ3n) is 1.76. The van der Waals surface area contributed by atoms with E-state index in [1.54, 1.807) is 0 Å². The Morgan fingerprint density at radius 1 is 1.38 bits per heavy atom. The molecule has 2 aromatic rings. The van der Waals surface area contributed by atoms with Crippen molar-refractivity contribution in [2.75, 3.05) is 17.6 Å². The molecule has 2 rings (SSSR count). The number of H-pyrrole nitrogens is 1. The predicted molar refractivity (Wildman–Crippen MR) is 50.6 cm³/mol. The highest BCUT2D eigenvalue weighted by Crippen LogP contribution is 2.20. The van der Waals surface area contributed by atoms with E-state index in [1.807, 2.05) is 0 Å². The van der Waals surface area contributed by atoms with Crippen molar-refractivity contribution in [1.29, 1.82) is 0 Å².